The molecule has 7 heteroatoms. The smallest absolute Gasteiger partial charge is 0.189 e. The van der Waals surface area contributed by atoms with E-state index in [0.717, 1.165) is 40.1 Å². The van der Waals surface area contributed by atoms with Crippen molar-refractivity contribution in [3.8, 4) is 0 Å². The lowest BCUT2D eigenvalue weighted by Gasteiger charge is -2.17. The summed E-state index contributed by atoms with van der Waals surface area (Å²) in [5.74, 6) is 0.875. The molecule has 0 atom stereocenters. The maximum absolute atomic E-state index is 12.5. The molecule has 0 aliphatic carbocycles. The summed E-state index contributed by atoms with van der Waals surface area (Å²) in [6.45, 7) is 6.63. The first-order valence-corrected chi connectivity index (χ1v) is 8.65. The summed E-state index contributed by atoms with van der Waals surface area (Å²) in [5.41, 5.74) is 4.04. The molecule has 26 heavy (non-hydrogen) atoms. The Balaban J connectivity index is 1.78. The summed E-state index contributed by atoms with van der Waals surface area (Å²) < 4.78 is 7.10. The van der Waals surface area contributed by atoms with E-state index in [0.29, 0.717) is 19.7 Å². The fraction of sp³-hybridized carbons (Fsp3) is 0.421. The van der Waals surface area contributed by atoms with Crippen LogP contribution in [0.3, 0.4) is 0 Å². The van der Waals surface area contributed by atoms with Crippen molar-refractivity contribution in [1.82, 2.24) is 24.6 Å². The molecule has 3 rings (SSSR count). The van der Waals surface area contributed by atoms with Crippen molar-refractivity contribution >= 4 is 10.9 Å². The zero-order valence-electron chi connectivity index (χ0n) is 15.7. The highest BCUT2D eigenvalue weighted by Crippen LogP contribution is 2.16. The van der Waals surface area contributed by atoms with E-state index in [1.807, 2.05) is 31.5 Å². The summed E-state index contributed by atoms with van der Waals surface area (Å²) in [4.78, 5) is 18.0. The number of nitrogens with one attached hydrogen (secondary N) is 1. The molecular weight excluding hydrogens is 330 g/mol. The molecule has 0 radical (unpaired) electrons. The minimum Gasteiger partial charge on any atom is -0.383 e. The minimum atomic E-state index is 0.0530. The standard InChI is InChI=1S/C19H25N5O2/c1-13-7-14(2)19-16(8-13)17(25)9-15(21-19)10-23(3)11-18-22-20-12-24(18)5-6-26-4/h7-9,12H,5-6,10-11H2,1-4H3,(H,21,25). The Kier molecular flexibility index (Phi) is 5.49. The highest BCUT2D eigenvalue weighted by Gasteiger charge is 2.11. The predicted octanol–water partition coefficient (Wildman–Crippen LogP) is 2.01. The molecule has 2 aromatic heterocycles. The van der Waals surface area contributed by atoms with Gasteiger partial charge in [-0.25, -0.2) is 0 Å². The first kappa shape index (κ1) is 18.3. The number of hydrogen-bond acceptors (Lipinski definition) is 5. The van der Waals surface area contributed by atoms with Crippen LogP contribution in [0.2, 0.25) is 0 Å². The average Bonchev–Trinajstić information content (AvgIpc) is 3.01. The van der Waals surface area contributed by atoms with Gasteiger partial charge >= 0.3 is 0 Å². The minimum absolute atomic E-state index is 0.0530. The monoisotopic (exact) mass is 355 g/mol. The number of rotatable bonds is 7. The second kappa shape index (κ2) is 7.80. The molecule has 1 N–H and O–H groups in total. The average molecular weight is 355 g/mol. The SMILES string of the molecule is COCCn1cnnc1CN(C)Cc1cc(=O)c2cc(C)cc(C)c2[nH]1. The molecule has 2 heterocycles. The van der Waals surface area contributed by atoms with E-state index in [9.17, 15) is 4.79 Å². The molecule has 7 nitrogen and oxygen atoms in total. The molecule has 0 aliphatic heterocycles. The van der Waals surface area contributed by atoms with Crippen molar-refractivity contribution in [3.63, 3.8) is 0 Å². The maximum atomic E-state index is 12.5. The number of pyridine rings is 1. The Hall–Kier alpha value is -2.51. The van der Waals surface area contributed by atoms with E-state index in [1.54, 1.807) is 19.5 Å². The fourth-order valence-electron chi connectivity index (χ4n) is 3.21. The zero-order valence-corrected chi connectivity index (χ0v) is 15.7. The predicted molar refractivity (Wildman–Crippen MR) is 101 cm³/mol. The molecule has 0 unspecified atom stereocenters. The van der Waals surface area contributed by atoms with E-state index < -0.39 is 0 Å². The van der Waals surface area contributed by atoms with Crippen LogP contribution in [-0.4, -0.2) is 45.4 Å². The van der Waals surface area contributed by atoms with Gasteiger partial charge in [0, 0.05) is 37.3 Å². The third-order valence-electron chi connectivity index (χ3n) is 4.42. The van der Waals surface area contributed by atoms with Gasteiger partial charge in [-0.3, -0.25) is 9.69 Å². The quantitative estimate of drug-likeness (QED) is 0.702. The number of H-pyrrole nitrogens is 1. The second-order valence-electron chi connectivity index (χ2n) is 6.77. The van der Waals surface area contributed by atoms with Crippen LogP contribution < -0.4 is 5.43 Å². The molecule has 0 saturated heterocycles. The van der Waals surface area contributed by atoms with Gasteiger partial charge < -0.3 is 14.3 Å². The fourth-order valence-corrected chi connectivity index (χ4v) is 3.21. The van der Waals surface area contributed by atoms with Crippen LogP contribution in [0, 0.1) is 13.8 Å². The van der Waals surface area contributed by atoms with Crippen molar-refractivity contribution in [2.75, 3.05) is 20.8 Å². The van der Waals surface area contributed by atoms with Crippen molar-refractivity contribution in [2.45, 2.75) is 33.5 Å². The van der Waals surface area contributed by atoms with Gasteiger partial charge in [-0.15, -0.1) is 10.2 Å². The van der Waals surface area contributed by atoms with Gasteiger partial charge in [0.2, 0.25) is 0 Å². The number of aromatic amines is 1. The molecule has 0 bridgehead atoms. The molecule has 3 aromatic rings. The van der Waals surface area contributed by atoms with E-state index in [2.05, 4.69) is 26.1 Å². The van der Waals surface area contributed by atoms with Crippen LogP contribution in [0.5, 0.6) is 0 Å². The summed E-state index contributed by atoms with van der Waals surface area (Å²) in [6, 6.07) is 5.71. The van der Waals surface area contributed by atoms with Crippen molar-refractivity contribution < 1.29 is 4.74 Å². The molecule has 0 aliphatic rings. The molecular formula is C19H25N5O2. The van der Waals surface area contributed by atoms with E-state index in [4.69, 9.17) is 4.74 Å². The van der Waals surface area contributed by atoms with Gasteiger partial charge in [0.05, 0.1) is 18.7 Å². The molecule has 1 aromatic carbocycles. The summed E-state index contributed by atoms with van der Waals surface area (Å²) >= 11 is 0. The molecule has 138 valence electrons. The van der Waals surface area contributed by atoms with E-state index in [1.165, 1.54) is 0 Å². The van der Waals surface area contributed by atoms with Gasteiger partial charge in [0.1, 0.15) is 12.2 Å². The van der Waals surface area contributed by atoms with Crippen molar-refractivity contribution in [2.24, 2.45) is 0 Å². The summed E-state index contributed by atoms with van der Waals surface area (Å²) in [7, 11) is 3.68. The highest BCUT2D eigenvalue weighted by atomic mass is 16.5. The second-order valence-corrected chi connectivity index (χ2v) is 6.77. The normalized spacial score (nSPS) is 11.6. The van der Waals surface area contributed by atoms with E-state index >= 15 is 0 Å². The van der Waals surface area contributed by atoms with Gasteiger partial charge in [0.25, 0.3) is 0 Å². The van der Waals surface area contributed by atoms with Crippen LogP contribution >= 0.6 is 0 Å². The number of methoxy groups -OCH3 is 1. The first-order chi connectivity index (χ1) is 12.5. The molecule has 0 amide bonds. The van der Waals surface area contributed by atoms with Crippen molar-refractivity contribution in [3.05, 3.63) is 57.4 Å². The Morgan fingerprint density at radius 3 is 2.81 bits per heavy atom. The zero-order chi connectivity index (χ0) is 18.7. The van der Waals surface area contributed by atoms with E-state index in [-0.39, 0.29) is 5.43 Å². The first-order valence-electron chi connectivity index (χ1n) is 8.65. The highest BCUT2D eigenvalue weighted by molar-refractivity contribution is 5.82. The Labute approximate surface area is 152 Å². The third-order valence-corrected chi connectivity index (χ3v) is 4.42. The number of nitrogens with zero attached hydrogens (tertiary/aromatic N) is 4. The Bertz CT molecular complexity index is 960. The van der Waals surface area contributed by atoms with Crippen molar-refractivity contribution in [1.29, 1.82) is 0 Å². The summed E-state index contributed by atoms with van der Waals surface area (Å²) in [6.07, 6.45) is 1.71. The Morgan fingerprint density at radius 2 is 2.04 bits per heavy atom. The van der Waals surface area contributed by atoms with Crippen LogP contribution in [0.1, 0.15) is 22.6 Å². The van der Waals surface area contributed by atoms with Gasteiger partial charge in [0.15, 0.2) is 5.43 Å². The van der Waals surface area contributed by atoms with Crippen LogP contribution in [0.25, 0.3) is 10.9 Å². The molecule has 0 fully saturated rings. The largest absolute Gasteiger partial charge is 0.383 e. The lowest BCUT2D eigenvalue weighted by molar-refractivity contribution is 0.184. The lowest BCUT2D eigenvalue weighted by atomic mass is 10.1. The molecule has 0 spiro atoms. The van der Waals surface area contributed by atoms with Crippen LogP contribution in [0.4, 0.5) is 0 Å². The molecule has 0 saturated carbocycles. The van der Waals surface area contributed by atoms with Gasteiger partial charge in [-0.2, -0.15) is 0 Å². The Morgan fingerprint density at radius 1 is 1.23 bits per heavy atom. The summed E-state index contributed by atoms with van der Waals surface area (Å²) in [5, 5.41) is 8.91. The van der Waals surface area contributed by atoms with Gasteiger partial charge in [-0.05, 0) is 38.1 Å². The van der Waals surface area contributed by atoms with Crippen LogP contribution in [-0.2, 0) is 24.4 Å². The number of aryl methyl sites for hydroxylation is 2. The van der Waals surface area contributed by atoms with Crippen LogP contribution in [0.15, 0.2) is 29.3 Å². The number of fused-ring (bicyclic) bond motifs is 1. The van der Waals surface area contributed by atoms with Gasteiger partial charge in [-0.1, -0.05) is 6.07 Å². The number of hydrogen-bond donors (Lipinski definition) is 1. The number of benzene rings is 1. The topological polar surface area (TPSA) is 76.0 Å². The third kappa shape index (κ3) is 4.00. The maximum Gasteiger partial charge on any atom is 0.189 e. The lowest BCUT2D eigenvalue weighted by Crippen LogP contribution is -2.22. The number of aromatic nitrogens is 4. The number of ether oxygens (including phenoxy) is 1.